The summed E-state index contributed by atoms with van der Waals surface area (Å²) < 4.78 is 40.9. The summed E-state index contributed by atoms with van der Waals surface area (Å²) in [6, 6.07) is 0.125. The van der Waals surface area contributed by atoms with Crippen LogP contribution in [0, 0.1) is 0 Å². The van der Waals surface area contributed by atoms with Gasteiger partial charge in [0.15, 0.2) is 0 Å². The number of nitrogens with zero attached hydrogens (tertiary/aromatic N) is 4. The number of likely N-dealkylation sites (N-methyl/N-ethyl adjacent to an activating group) is 1. The zero-order chi connectivity index (χ0) is 17.5. The molecule has 23 heavy (non-hydrogen) atoms. The van der Waals surface area contributed by atoms with Gasteiger partial charge in [-0.3, -0.25) is 9.04 Å². The second kappa shape index (κ2) is 8.34. The minimum atomic E-state index is -4.05. The van der Waals surface area contributed by atoms with E-state index in [2.05, 4.69) is 20.3 Å². The van der Waals surface area contributed by atoms with Gasteiger partial charge in [-0.15, -0.1) is 9.97 Å². The number of anilines is 1. The average Bonchev–Trinajstić information content (AvgIpc) is 2.51. The lowest BCUT2D eigenvalue weighted by atomic mass is 10.4. The number of ether oxygens (including phenoxy) is 2. The molecule has 0 fully saturated rings. The lowest BCUT2D eigenvalue weighted by Gasteiger charge is -2.29. The lowest BCUT2D eigenvalue weighted by molar-refractivity contribution is 0.161. The standard InChI is InChI=1S/C12H23N5O5S/c1-5-17(2,7-8-21-3)11-14-10(15-12(16-11)22-4)13-6-9-23(18,19)20/h5-9H2,1-4H3,(H-,13,14,15,16,18,19,20)/p+1. The van der Waals surface area contributed by atoms with Gasteiger partial charge in [-0.05, 0) is 6.92 Å². The molecule has 0 aromatic carbocycles. The van der Waals surface area contributed by atoms with Gasteiger partial charge >= 0.3 is 12.0 Å². The van der Waals surface area contributed by atoms with Crippen molar-refractivity contribution in [2.75, 3.05) is 58.6 Å². The monoisotopic (exact) mass is 350 g/mol. The van der Waals surface area contributed by atoms with Crippen molar-refractivity contribution in [1.29, 1.82) is 0 Å². The molecule has 0 aliphatic carbocycles. The summed E-state index contributed by atoms with van der Waals surface area (Å²) in [5, 5.41) is 2.75. The maximum Gasteiger partial charge on any atom is 0.336 e. The first-order valence-electron chi connectivity index (χ1n) is 7.07. The molecular weight excluding hydrogens is 326 g/mol. The number of rotatable bonds is 10. The Hall–Kier alpha value is -1.56. The van der Waals surface area contributed by atoms with Crippen LogP contribution in [-0.4, -0.2) is 81.2 Å². The third-order valence-electron chi connectivity index (χ3n) is 3.40. The molecule has 132 valence electrons. The number of nitrogens with one attached hydrogen (secondary N) is 1. The normalized spacial score (nSPS) is 14.3. The van der Waals surface area contributed by atoms with Crippen molar-refractivity contribution in [3.05, 3.63) is 0 Å². The van der Waals surface area contributed by atoms with E-state index in [0.29, 0.717) is 23.6 Å². The summed E-state index contributed by atoms with van der Waals surface area (Å²) in [5.41, 5.74) is 0. The zero-order valence-electron chi connectivity index (χ0n) is 13.8. The first-order valence-corrected chi connectivity index (χ1v) is 8.68. The fourth-order valence-corrected chi connectivity index (χ4v) is 2.10. The number of hydrogen-bond acceptors (Lipinski definition) is 8. The Balaban J connectivity index is 3.01. The van der Waals surface area contributed by atoms with E-state index >= 15 is 0 Å². The van der Waals surface area contributed by atoms with E-state index in [1.54, 1.807) is 7.11 Å². The molecule has 1 aromatic rings. The summed E-state index contributed by atoms with van der Waals surface area (Å²) in [7, 11) is 0.962. The van der Waals surface area contributed by atoms with Crippen LogP contribution in [-0.2, 0) is 14.9 Å². The highest BCUT2D eigenvalue weighted by atomic mass is 32.2. The molecule has 0 amide bonds. The van der Waals surface area contributed by atoms with E-state index in [4.69, 9.17) is 14.0 Å². The van der Waals surface area contributed by atoms with Gasteiger partial charge in [-0.25, -0.2) is 0 Å². The molecule has 0 spiro atoms. The van der Waals surface area contributed by atoms with Gasteiger partial charge in [0.1, 0.15) is 6.54 Å². The molecular formula is C12H24N5O5S+. The van der Waals surface area contributed by atoms with E-state index in [1.165, 1.54) is 7.11 Å². The third kappa shape index (κ3) is 6.22. The highest BCUT2D eigenvalue weighted by molar-refractivity contribution is 7.85. The topological polar surface area (TPSA) is 124 Å². The Bertz CT molecular complexity index is 612. The van der Waals surface area contributed by atoms with Crippen molar-refractivity contribution in [2.45, 2.75) is 6.92 Å². The molecule has 0 aliphatic rings. The predicted molar refractivity (Wildman–Crippen MR) is 86.3 cm³/mol. The maximum atomic E-state index is 10.8. The molecule has 10 nitrogen and oxygen atoms in total. The minimum absolute atomic E-state index is 0.0284. The predicted octanol–water partition coefficient (Wildman–Crippen LogP) is -0.217. The summed E-state index contributed by atoms with van der Waals surface area (Å²) in [4.78, 5) is 12.6. The maximum absolute atomic E-state index is 10.8. The molecule has 0 bridgehead atoms. The molecule has 1 atom stereocenters. The SMILES string of the molecule is CC[N+](C)(CCOC)c1nc(NCCS(=O)(=O)O)nc(OC)n1. The molecule has 0 radical (unpaired) electrons. The van der Waals surface area contributed by atoms with E-state index in [0.717, 1.165) is 6.54 Å². The van der Waals surface area contributed by atoms with Crippen molar-refractivity contribution >= 4 is 22.0 Å². The van der Waals surface area contributed by atoms with Crippen LogP contribution in [0.5, 0.6) is 6.01 Å². The molecule has 1 rings (SSSR count). The van der Waals surface area contributed by atoms with Gasteiger partial charge < -0.3 is 14.8 Å². The first kappa shape index (κ1) is 19.5. The van der Waals surface area contributed by atoms with Crippen LogP contribution in [0.15, 0.2) is 0 Å². The van der Waals surface area contributed by atoms with E-state index in [9.17, 15) is 8.42 Å². The van der Waals surface area contributed by atoms with Crippen LogP contribution in [0.25, 0.3) is 0 Å². The Labute approximate surface area is 136 Å². The molecule has 1 unspecified atom stereocenters. The van der Waals surface area contributed by atoms with Crippen molar-refractivity contribution in [3.8, 4) is 6.01 Å². The van der Waals surface area contributed by atoms with Crippen LogP contribution in [0.4, 0.5) is 11.9 Å². The largest absolute Gasteiger partial charge is 0.467 e. The Morgan fingerprint density at radius 3 is 2.48 bits per heavy atom. The molecule has 11 heteroatoms. The van der Waals surface area contributed by atoms with E-state index in [1.807, 2.05) is 14.0 Å². The molecule has 0 saturated heterocycles. The molecule has 0 saturated carbocycles. The van der Waals surface area contributed by atoms with Crippen molar-refractivity contribution in [3.63, 3.8) is 0 Å². The zero-order valence-corrected chi connectivity index (χ0v) is 14.6. The van der Waals surface area contributed by atoms with Crippen LogP contribution < -0.4 is 14.5 Å². The van der Waals surface area contributed by atoms with Crippen LogP contribution in [0.1, 0.15) is 6.92 Å². The van der Waals surface area contributed by atoms with Crippen molar-refractivity contribution in [2.24, 2.45) is 0 Å². The fourth-order valence-electron chi connectivity index (χ4n) is 1.74. The van der Waals surface area contributed by atoms with Crippen molar-refractivity contribution < 1.29 is 22.4 Å². The van der Waals surface area contributed by atoms with Crippen LogP contribution >= 0.6 is 0 Å². The quantitative estimate of drug-likeness (QED) is 0.435. The van der Waals surface area contributed by atoms with Gasteiger partial charge in [0.2, 0.25) is 5.95 Å². The lowest BCUT2D eigenvalue weighted by Crippen LogP contribution is -2.48. The van der Waals surface area contributed by atoms with Crippen molar-refractivity contribution in [1.82, 2.24) is 19.4 Å². The van der Waals surface area contributed by atoms with E-state index < -0.39 is 15.9 Å². The van der Waals surface area contributed by atoms with E-state index in [-0.39, 0.29) is 18.5 Å². The van der Waals surface area contributed by atoms with Gasteiger partial charge in [-0.1, -0.05) is 0 Å². The van der Waals surface area contributed by atoms with Gasteiger partial charge in [0.25, 0.3) is 10.1 Å². The molecule has 1 aromatic heterocycles. The smallest absolute Gasteiger partial charge is 0.336 e. The van der Waals surface area contributed by atoms with Gasteiger partial charge in [0.05, 0.1) is 33.1 Å². The molecule has 1 heterocycles. The highest BCUT2D eigenvalue weighted by Crippen LogP contribution is 2.19. The first-order chi connectivity index (χ1) is 10.7. The van der Waals surface area contributed by atoms with Crippen LogP contribution in [0.3, 0.4) is 0 Å². The minimum Gasteiger partial charge on any atom is -0.467 e. The second-order valence-electron chi connectivity index (χ2n) is 5.09. The number of methoxy groups -OCH3 is 2. The fraction of sp³-hybridized carbons (Fsp3) is 0.750. The van der Waals surface area contributed by atoms with Gasteiger partial charge in [0, 0.05) is 13.7 Å². The summed E-state index contributed by atoms with van der Waals surface area (Å²) in [6.45, 7) is 3.88. The number of quaternary nitrogens is 1. The third-order valence-corrected chi connectivity index (χ3v) is 4.12. The average molecular weight is 350 g/mol. The summed E-state index contributed by atoms with van der Waals surface area (Å²) in [5.74, 6) is 0.219. The number of hydrogen-bond donors (Lipinski definition) is 2. The Morgan fingerprint density at radius 1 is 1.26 bits per heavy atom. The van der Waals surface area contributed by atoms with Crippen LogP contribution in [0.2, 0.25) is 0 Å². The second-order valence-corrected chi connectivity index (χ2v) is 6.66. The summed E-state index contributed by atoms with van der Waals surface area (Å²) in [6.07, 6.45) is 0. The molecule has 2 N–H and O–H groups in total. The Kier molecular flexibility index (Phi) is 7.06. The number of aromatic nitrogens is 3. The van der Waals surface area contributed by atoms with Gasteiger partial charge in [-0.2, -0.15) is 13.4 Å². The highest BCUT2D eigenvalue weighted by Gasteiger charge is 2.28. The summed E-state index contributed by atoms with van der Waals surface area (Å²) >= 11 is 0. The molecule has 0 aliphatic heterocycles. The Morgan fingerprint density at radius 2 is 1.96 bits per heavy atom.